The molecule has 0 bridgehead atoms. The van der Waals surface area contributed by atoms with Crippen LogP contribution in [0.15, 0.2) is 41.6 Å². The molecule has 0 aliphatic carbocycles. The van der Waals surface area contributed by atoms with Crippen LogP contribution in [0.2, 0.25) is 0 Å². The molecular weight excluding hydrogens is 330 g/mol. The minimum atomic E-state index is -0.778. The monoisotopic (exact) mass is 349 g/mol. The summed E-state index contributed by atoms with van der Waals surface area (Å²) in [7, 11) is 0. The number of hydrogen-bond donors (Lipinski definition) is 4. The molecule has 0 spiro atoms. The molecule has 1 aliphatic rings. The van der Waals surface area contributed by atoms with E-state index in [4.69, 9.17) is 21.3 Å². The Balaban J connectivity index is 0.000000212. The predicted molar refractivity (Wildman–Crippen MR) is 87.3 cm³/mol. The first-order valence-corrected chi connectivity index (χ1v) is 7.41. The quantitative estimate of drug-likeness (QED) is 0.527. The number of rotatable bonds is 3. The first-order chi connectivity index (χ1) is 11.9. The molecular formula is C15H19N5O5. The van der Waals surface area contributed by atoms with Gasteiger partial charge in [-0.15, -0.1) is 0 Å². The normalized spacial score (nSPS) is 22.1. The number of amides is 1. The van der Waals surface area contributed by atoms with Crippen LogP contribution in [-0.4, -0.2) is 49.5 Å². The van der Waals surface area contributed by atoms with Crippen LogP contribution < -0.4 is 17.2 Å². The van der Waals surface area contributed by atoms with E-state index in [1.165, 1.54) is 23.0 Å². The predicted octanol–water partition coefficient (Wildman–Crippen LogP) is -1.35. The van der Waals surface area contributed by atoms with Gasteiger partial charge in [0.05, 0.1) is 18.3 Å². The van der Waals surface area contributed by atoms with Crippen LogP contribution in [0.3, 0.4) is 0 Å². The van der Waals surface area contributed by atoms with Crippen LogP contribution in [0.4, 0.5) is 5.82 Å². The van der Waals surface area contributed by atoms with E-state index in [-0.39, 0.29) is 18.8 Å². The van der Waals surface area contributed by atoms with Crippen LogP contribution in [0.25, 0.3) is 0 Å². The maximum absolute atomic E-state index is 11.5. The van der Waals surface area contributed by atoms with E-state index in [0.29, 0.717) is 5.56 Å². The number of nitrogen functional groups attached to an aromatic ring is 1. The van der Waals surface area contributed by atoms with E-state index in [9.17, 15) is 14.7 Å². The Kier molecular flexibility index (Phi) is 6.17. The molecule has 10 nitrogen and oxygen atoms in total. The Morgan fingerprint density at radius 2 is 2.20 bits per heavy atom. The molecule has 25 heavy (non-hydrogen) atoms. The largest absolute Gasteiger partial charge is 0.394 e. The van der Waals surface area contributed by atoms with E-state index >= 15 is 0 Å². The lowest BCUT2D eigenvalue weighted by Crippen LogP contribution is -2.27. The number of carbonyl (C=O) groups excluding carboxylic acids is 1. The SMILES string of the molecule is NC(=O)c1cccnc1.Nc1ccn([C@H]2C[C@H](O)[C@@H](CO)O2)c(=O)n1. The van der Waals surface area contributed by atoms with Gasteiger partial charge in [0.25, 0.3) is 0 Å². The Bertz CT molecular complexity index is 766. The van der Waals surface area contributed by atoms with Crippen molar-refractivity contribution in [3.05, 3.63) is 52.8 Å². The van der Waals surface area contributed by atoms with Gasteiger partial charge in [-0.3, -0.25) is 14.3 Å². The zero-order valence-corrected chi connectivity index (χ0v) is 13.2. The molecule has 1 aliphatic heterocycles. The summed E-state index contributed by atoms with van der Waals surface area (Å²) >= 11 is 0. The van der Waals surface area contributed by atoms with Crippen molar-refractivity contribution >= 4 is 11.7 Å². The van der Waals surface area contributed by atoms with Gasteiger partial charge < -0.3 is 26.4 Å². The standard InChI is InChI=1S/C9H13N3O4.C6H6N2O/c10-7-1-2-12(9(15)11-7)8-3-5(14)6(4-13)16-8;7-6(9)5-2-1-3-8-4-5/h1-2,5-6,8,13-14H,3-4H2,(H2,10,11,15);1-4H,(H2,7,9)/t5-,6+,8+;/m0./s1. The van der Waals surface area contributed by atoms with E-state index in [1.54, 1.807) is 18.3 Å². The molecule has 1 amide bonds. The Labute approximate surface area is 142 Å². The number of hydrogen-bond acceptors (Lipinski definition) is 8. The number of aromatic nitrogens is 3. The zero-order chi connectivity index (χ0) is 18.4. The van der Waals surface area contributed by atoms with Crippen LogP contribution in [0.1, 0.15) is 23.0 Å². The maximum atomic E-state index is 11.5. The fourth-order valence-corrected chi connectivity index (χ4v) is 2.20. The summed E-state index contributed by atoms with van der Waals surface area (Å²) in [5.41, 5.74) is 10.2. The molecule has 134 valence electrons. The highest BCUT2D eigenvalue weighted by atomic mass is 16.5. The summed E-state index contributed by atoms with van der Waals surface area (Å²) in [5.74, 6) is -0.304. The topological polar surface area (TPSA) is 167 Å². The van der Waals surface area contributed by atoms with Gasteiger partial charge in [0.2, 0.25) is 5.91 Å². The Morgan fingerprint density at radius 1 is 1.44 bits per heavy atom. The first kappa shape index (κ1) is 18.5. The lowest BCUT2D eigenvalue weighted by Gasteiger charge is -2.13. The van der Waals surface area contributed by atoms with Crippen LogP contribution >= 0.6 is 0 Å². The van der Waals surface area contributed by atoms with Gasteiger partial charge >= 0.3 is 5.69 Å². The van der Waals surface area contributed by atoms with Crippen molar-refractivity contribution in [2.75, 3.05) is 12.3 Å². The highest BCUT2D eigenvalue weighted by Crippen LogP contribution is 2.27. The van der Waals surface area contributed by atoms with Gasteiger partial charge in [0.15, 0.2) is 0 Å². The molecule has 3 atom stereocenters. The third kappa shape index (κ3) is 4.83. The number of nitrogens with two attached hydrogens (primary N) is 2. The van der Waals surface area contributed by atoms with Gasteiger partial charge in [-0.1, -0.05) is 0 Å². The average Bonchev–Trinajstić information content (AvgIpc) is 2.97. The number of anilines is 1. The number of aliphatic hydroxyl groups excluding tert-OH is 2. The molecule has 3 heterocycles. The second-order valence-corrected chi connectivity index (χ2v) is 5.26. The van der Waals surface area contributed by atoms with Gasteiger partial charge in [-0.2, -0.15) is 4.98 Å². The Morgan fingerprint density at radius 3 is 2.68 bits per heavy atom. The zero-order valence-electron chi connectivity index (χ0n) is 13.2. The molecule has 1 fully saturated rings. The van der Waals surface area contributed by atoms with Crippen molar-refractivity contribution < 1.29 is 19.7 Å². The number of primary amides is 1. The minimum absolute atomic E-state index is 0.138. The number of ether oxygens (including phenoxy) is 1. The summed E-state index contributed by atoms with van der Waals surface area (Å²) < 4.78 is 6.56. The summed E-state index contributed by atoms with van der Waals surface area (Å²) in [5, 5.41) is 18.4. The summed E-state index contributed by atoms with van der Waals surface area (Å²) in [4.78, 5) is 29.1. The Hall–Kier alpha value is -2.82. The van der Waals surface area contributed by atoms with Gasteiger partial charge in [0.1, 0.15) is 18.1 Å². The van der Waals surface area contributed by atoms with E-state index < -0.39 is 30.0 Å². The molecule has 1 saturated heterocycles. The third-order valence-electron chi connectivity index (χ3n) is 3.49. The van der Waals surface area contributed by atoms with Crippen molar-refractivity contribution in [3.63, 3.8) is 0 Å². The van der Waals surface area contributed by atoms with Gasteiger partial charge in [-0.05, 0) is 18.2 Å². The summed E-state index contributed by atoms with van der Waals surface area (Å²) in [6.45, 7) is -0.283. The van der Waals surface area contributed by atoms with Gasteiger partial charge in [-0.25, -0.2) is 4.79 Å². The molecule has 0 aromatic carbocycles. The number of pyridine rings is 1. The fraction of sp³-hybridized carbons (Fsp3) is 0.333. The highest BCUT2D eigenvalue weighted by Gasteiger charge is 2.34. The third-order valence-corrected chi connectivity index (χ3v) is 3.49. The number of aliphatic hydroxyl groups is 2. The molecule has 2 aromatic heterocycles. The fourth-order valence-electron chi connectivity index (χ4n) is 2.20. The lowest BCUT2D eigenvalue weighted by molar-refractivity contribution is -0.0458. The molecule has 3 rings (SSSR count). The average molecular weight is 349 g/mol. The smallest absolute Gasteiger partial charge is 0.351 e. The van der Waals surface area contributed by atoms with E-state index in [2.05, 4.69) is 9.97 Å². The second-order valence-electron chi connectivity index (χ2n) is 5.26. The molecule has 0 saturated carbocycles. The van der Waals surface area contributed by atoms with Crippen LogP contribution in [0, 0.1) is 0 Å². The number of nitrogens with zero attached hydrogens (tertiary/aromatic N) is 3. The van der Waals surface area contributed by atoms with E-state index in [0.717, 1.165) is 0 Å². The van der Waals surface area contributed by atoms with E-state index in [1.807, 2.05) is 0 Å². The minimum Gasteiger partial charge on any atom is -0.394 e. The second kappa shape index (κ2) is 8.33. The van der Waals surface area contributed by atoms with Gasteiger partial charge in [0, 0.05) is 25.0 Å². The van der Waals surface area contributed by atoms with Crippen molar-refractivity contribution in [2.45, 2.75) is 24.9 Å². The van der Waals surface area contributed by atoms with Crippen molar-refractivity contribution in [3.8, 4) is 0 Å². The first-order valence-electron chi connectivity index (χ1n) is 7.41. The molecule has 0 unspecified atom stereocenters. The summed E-state index contributed by atoms with van der Waals surface area (Å²) in [6, 6.07) is 4.76. The highest BCUT2D eigenvalue weighted by molar-refractivity contribution is 5.92. The van der Waals surface area contributed by atoms with Crippen molar-refractivity contribution in [1.82, 2.24) is 14.5 Å². The molecule has 10 heteroatoms. The maximum Gasteiger partial charge on any atom is 0.351 e. The summed E-state index contributed by atoms with van der Waals surface area (Å²) in [6.07, 6.45) is 2.69. The van der Waals surface area contributed by atoms with Crippen molar-refractivity contribution in [1.29, 1.82) is 0 Å². The van der Waals surface area contributed by atoms with Crippen LogP contribution in [0.5, 0.6) is 0 Å². The molecule has 2 aromatic rings. The van der Waals surface area contributed by atoms with Crippen molar-refractivity contribution in [2.24, 2.45) is 5.73 Å². The number of carbonyl (C=O) groups is 1. The van der Waals surface area contributed by atoms with Crippen LogP contribution in [-0.2, 0) is 4.74 Å². The molecule has 0 radical (unpaired) electrons. The molecule has 6 N–H and O–H groups in total. The lowest BCUT2D eigenvalue weighted by atomic mass is 10.2.